The van der Waals surface area contributed by atoms with E-state index in [2.05, 4.69) is 45.4 Å². The molecular formula is C22H18N4. The molecule has 0 unspecified atom stereocenters. The van der Waals surface area contributed by atoms with Crippen molar-refractivity contribution in [3.8, 4) is 11.3 Å². The molecule has 126 valence electrons. The van der Waals surface area contributed by atoms with E-state index in [1.807, 2.05) is 18.5 Å². The molecule has 0 saturated carbocycles. The minimum absolute atomic E-state index is 0.926. The Labute approximate surface area is 150 Å². The van der Waals surface area contributed by atoms with Gasteiger partial charge in [0.2, 0.25) is 0 Å². The maximum atomic E-state index is 5.15. The molecule has 4 aromatic heterocycles. The Balaban J connectivity index is 1.75. The molecule has 0 bridgehead atoms. The van der Waals surface area contributed by atoms with Crippen LogP contribution in [0.5, 0.6) is 0 Å². The van der Waals surface area contributed by atoms with E-state index >= 15 is 0 Å². The highest BCUT2D eigenvalue weighted by atomic mass is 14.8. The zero-order valence-electron chi connectivity index (χ0n) is 14.3. The molecule has 1 aliphatic carbocycles. The summed E-state index contributed by atoms with van der Waals surface area (Å²) in [5.41, 5.74) is 8.41. The molecule has 0 radical (unpaired) electrons. The number of hydrogen-bond donors (Lipinski definition) is 2. The number of aromatic nitrogens is 4. The van der Waals surface area contributed by atoms with Crippen molar-refractivity contribution in [3.05, 3.63) is 60.0 Å². The summed E-state index contributed by atoms with van der Waals surface area (Å²) in [7, 11) is 0. The Kier molecular flexibility index (Phi) is 2.80. The van der Waals surface area contributed by atoms with Crippen LogP contribution in [-0.4, -0.2) is 19.9 Å². The van der Waals surface area contributed by atoms with Crippen molar-refractivity contribution >= 4 is 32.8 Å². The number of benzene rings is 1. The van der Waals surface area contributed by atoms with Crippen LogP contribution in [0.2, 0.25) is 0 Å². The lowest BCUT2D eigenvalue weighted by molar-refractivity contribution is 0.689. The van der Waals surface area contributed by atoms with E-state index < -0.39 is 0 Å². The Morgan fingerprint density at radius 1 is 0.885 bits per heavy atom. The highest BCUT2D eigenvalue weighted by Crippen LogP contribution is 2.39. The van der Waals surface area contributed by atoms with Gasteiger partial charge in [-0.05, 0) is 67.1 Å². The van der Waals surface area contributed by atoms with Crippen LogP contribution in [-0.2, 0) is 12.8 Å². The third kappa shape index (κ3) is 1.84. The number of H-pyrrole nitrogens is 2. The van der Waals surface area contributed by atoms with Crippen molar-refractivity contribution in [1.82, 2.24) is 19.9 Å². The fraction of sp³-hybridized carbons (Fsp3) is 0.182. The molecule has 0 spiro atoms. The maximum absolute atomic E-state index is 5.15. The Hall–Kier alpha value is -3.14. The molecule has 0 amide bonds. The van der Waals surface area contributed by atoms with Crippen molar-refractivity contribution < 1.29 is 0 Å². The van der Waals surface area contributed by atoms with Crippen LogP contribution in [0.25, 0.3) is 44.1 Å². The van der Waals surface area contributed by atoms with Crippen LogP contribution in [0.1, 0.15) is 24.0 Å². The van der Waals surface area contributed by atoms with Crippen molar-refractivity contribution in [1.29, 1.82) is 0 Å². The SMILES string of the molecule is c1cnc2[nH]cc(-c3nc4ccc5[nH]ccc5c4c4c3CCCC4)c2c1. The molecule has 26 heavy (non-hydrogen) atoms. The normalized spacial score (nSPS) is 14.3. The molecule has 0 fully saturated rings. The second kappa shape index (κ2) is 5.18. The van der Waals surface area contributed by atoms with Gasteiger partial charge in [-0.3, -0.25) is 0 Å². The third-order valence-electron chi connectivity index (χ3n) is 5.71. The summed E-state index contributed by atoms with van der Waals surface area (Å²) < 4.78 is 0. The van der Waals surface area contributed by atoms with Crippen molar-refractivity contribution in [2.75, 3.05) is 0 Å². The summed E-state index contributed by atoms with van der Waals surface area (Å²) in [5.74, 6) is 0. The number of hydrogen-bond acceptors (Lipinski definition) is 2. The molecule has 4 heterocycles. The molecule has 5 aromatic rings. The van der Waals surface area contributed by atoms with E-state index in [1.54, 1.807) is 0 Å². The summed E-state index contributed by atoms with van der Waals surface area (Å²) >= 11 is 0. The Morgan fingerprint density at radius 2 is 1.81 bits per heavy atom. The van der Waals surface area contributed by atoms with Gasteiger partial charge in [0.15, 0.2) is 0 Å². The van der Waals surface area contributed by atoms with Crippen LogP contribution in [0.15, 0.2) is 48.9 Å². The van der Waals surface area contributed by atoms with Gasteiger partial charge in [0.25, 0.3) is 0 Å². The van der Waals surface area contributed by atoms with Crippen LogP contribution in [0, 0.1) is 0 Å². The lowest BCUT2D eigenvalue weighted by Gasteiger charge is -2.21. The molecule has 1 aliphatic rings. The molecule has 4 heteroatoms. The van der Waals surface area contributed by atoms with Crippen LogP contribution >= 0.6 is 0 Å². The highest BCUT2D eigenvalue weighted by molar-refractivity contribution is 6.09. The van der Waals surface area contributed by atoms with Crippen molar-refractivity contribution in [3.63, 3.8) is 0 Å². The first-order valence-electron chi connectivity index (χ1n) is 9.24. The number of aryl methyl sites for hydroxylation is 1. The lowest BCUT2D eigenvalue weighted by Crippen LogP contribution is -2.07. The van der Waals surface area contributed by atoms with Crippen molar-refractivity contribution in [2.24, 2.45) is 0 Å². The summed E-state index contributed by atoms with van der Waals surface area (Å²) in [4.78, 5) is 16.3. The van der Waals surface area contributed by atoms with E-state index in [0.29, 0.717) is 0 Å². The fourth-order valence-corrected chi connectivity index (χ4v) is 4.54. The van der Waals surface area contributed by atoms with Gasteiger partial charge in [-0.1, -0.05) is 0 Å². The average molecular weight is 338 g/mol. The van der Waals surface area contributed by atoms with Gasteiger partial charge in [0, 0.05) is 45.8 Å². The number of nitrogens with one attached hydrogen (secondary N) is 2. The maximum Gasteiger partial charge on any atom is 0.137 e. The second-order valence-electron chi connectivity index (χ2n) is 7.13. The number of aromatic amines is 2. The minimum Gasteiger partial charge on any atom is -0.361 e. The summed E-state index contributed by atoms with van der Waals surface area (Å²) in [5, 5.41) is 3.77. The molecule has 0 atom stereocenters. The minimum atomic E-state index is 0.926. The number of pyridine rings is 2. The number of fused-ring (bicyclic) bond motifs is 6. The largest absolute Gasteiger partial charge is 0.361 e. The van der Waals surface area contributed by atoms with Crippen molar-refractivity contribution in [2.45, 2.75) is 25.7 Å². The van der Waals surface area contributed by atoms with E-state index in [1.165, 1.54) is 45.8 Å². The van der Waals surface area contributed by atoms with E-state index in [0.717, 1.165) is 35.1 Å². The molecule has 6 rings (SSSR count). The molecule has 1 aromatic carbocycles. The lowest BCUT2D eigenvalue weighted by atomic mass is 9.85. The zero-order valence-corrected chi connectivity index (χ0v) is 14.3. The van der Waals surface area contributed by atoms with Gasteiger partial charge in [0.05, 0.1) is 11.2 Å². The molecule has 0 saturated heterocycles. The first-order valence-corrected chi connectivity index (χ1v) is 9.24. The summed E-state index contributed by atoms with van der Waals surface area (Å²) in [6.45, 7) is 0. The smallest absolute Gasteiger partial charge is 0.137 e. The second-order valence-corrected chi connectivity index (χ2v) is 7.13. The van der Waals surface area contributed by atoms with Gasteiger partial charge < -0.3 is 9.97 Å². The monoisotopic (exact) mass is 338 g/mol. The van der Waals surface area contributed by atoms with Gasteiger partial charge in [-0.2, -0.15) is 0 Å². The van der Waals surface area contributed by atoms with Gasteiger partial charge >= 0.3 is 0 Å². The Morgan fingerprint density at radius 3 is 2.77 bits per heavy atom. The van der Waals surface area contributed by atoms with Crippen LogP contribution in [0.4, 0.5) is 0 Å². The van der Waals surface area contributed by atoms with Crippen LogP contribution in [0.3, 0.4) is 0 Å². The zero-order chi connectivity index (χ0) is 17.1. The molecule has 0 aliphatic heterocycles. The summed E-state index contributed by atoms with van der Waals surface area (Å²) in [6, 6.07) is 10.6. The van der Waals surface area contributed by atoms with Crippen LogP contribution < -0.4 is 0 Å². The van der Waals surface area contributed by atoms with Gasteiger partial charge in [0.1, 0.15) is 5.65 Å². The predicted molar refractivity (Wildman–Crippen MR) is 105 cm³/mol. The topological polar surface area (TPSA) is 57.4 Å². The van der Waals surface area contributed by atoms with E-state index in [9.17, 15) is 0 Å². The quantitative estimate of drug-likeness (QED) is 0.445. The first-order chi connectivity index (χ1) is 12.9. The first kappa shape index (κ1) is 14.1. The summed E-state index contributed by atoms with van der Waals surface area (Å²) in [6.07, 6.45) is 10.6. The number of nitrogens with zero attached hydrogens (tertiary/aromatic N) is 2. The fourth-order valence-electron chi connectivity index (χ4n) is 4.54. The molecule has 4 nitrogen and oxygen atoms in total. The molecular weight excluding hydrogens is 320 g/mol. The molecule has 2 N–H and O–H groups in total. The van der Waals surface area contributed by atoms with Gasteiger partial charge in [-0.25, -0.2) is 9.97 Å². The standard InChI is InChI=1S/C22H18N4/c1-2-5-14-13(4-1)20-16-9-11-23-18(16)7-8-19(20)26-21(14)17-12-25-22-15(17)6-3-10-24-22/h3,6-12,23H,1-2,4-5H2,(H,24,25). The average Bonchev–Trinajstić information content (AvgIpc) is 3.34. The predicted octanol–water partition coefficient (Wildman–Crippen LogP) is 5.14. The van der Waals surface area contributed by atoms with E-state index in [4.69, 9.17) is 4.98 Å². The Bertz CT molecular complexity index is 1290. The van der Waals surface area contributed by atoms with Gasteiger partial charge in [-0.15, -0.1) is 0 Å². The highest BCUT2D eigenvalue weighted by Gasteiger charge is 2.22. The third-order valence-corrected chi connectivity index (χ3v) is 5.71. The number of rotatable bonds is 1. The van der Waals surface area contributed by atoms with E-state index in [-0.39, 0.29) is 0 Å².